The number of aryl methyl sites for hydroxylation is 2. The van der Waals surface area contributed by atoms with E-state index in [4.69, 9.17) is 9.26 Å². The first-order chi connectivity index (χ1) is 19.1. The fraction of sp³-hybridized carbons (Fsp3) is 0.407. The molecule has 40 heavy (non-hydrogen) atoms. The smallest absolute Gasteiger partial charge is 0.321 e. The highest BCUT2D eigenvalue weighted by molar-refractivity contribution is 6.06. The number of carbonyl (C=O) groups excluding carboxylic acids is 3. The number of anilines is 2. The lowest BCUT2D eigenvalue weighted by molar-refractivity contribution is 0.0372. The molecule has 0 saturated carbocycles. The lowest BCUT2D eigenvalue weighted by atomic mass is 9.99. The number of aromatic nitrogens is 3. The van der Waals surface area contributed by atoms with E-state index < -0.39 is 24.1 Å². The highest BCUT2D eigenvalue weighted by Gasteiger charge is 2.35. The molecule has 0 aliphatic carbocycles. The topological polar surface area (TPSA) is 163 Å². The van der Waals surface area contributed by atoms with Gasteiger partial charge in [-0.2, -0.15) is 0 Å². The van der Waals surface area contributed by atoms with Crippen LogP contribution in [0.15, 0.2) is 41.3 Å². The number of para-hydroxylation sites is 1. The summed E-state index contributed by atoms with van der Waals surface area (Å²) >= 11 is 0. The van der Waals surface area contributed by atoms with Crippen molar-refractivity contribution in [3.05, 3.63) is 59.5 Å². The molecule has 1 aliphatic heterocycles. The third-order valence-electron chi connectivity index (χ3n) is 6.80. The molecule has 1 aliphatic rings. The number of likely N-dealkylation sites (N-methyl/N-ethyl adjacent to an activating group) is 1. The lowest BCUT2D eigenvalue weighted by Crippen LogP contribution is -2.50. The molecule has 1 aromatic carbocycles. The molecule has 3 aromatic rings. The first-order valence-corrected chi connectivity index (χ1v) is 12.8. The quantitative estimate of drug-likeness (QED) is 0.401. The Morgan fingerprint density at radius 3 is 2.67 bits per heavy atom. The number of hydrogen-bond donors (Lipinski definition) is 3. The minimum atomic E-state index is -0.588. The van der Waals surface area contributed by atoms with Gasteiger partial charge in [-0.25, -0.2) is 9.78 Å². The van der Waals surface area contributed by atoms with E-state index >= 15 is 0 Å². The summed E-state index contributed by atoms with van der Waals surface area (Å²) in [5.74, 6) is -0.484. The number of nitrogens with zero attached hydrogens (tertiary/aromatic N) is 5. The molecule has 0 fully saturated rings. The van der Waals surface area contributed by atoms with E-state index in [1.165, 1.54) is 23.5 Å². The van der Waals surface area contributed by atoms with Crippen molar-refractivity contribution in [2.24, 2.45) is 5.92 Å². The van der Waals surface area contributed by atoms with Crippen LogP contribution in [-0.2, 0) is 0 Å². The first kappa shape index (κ1) is 28.5. The molecule has 0 unspecified atom stereocenters. The van der Waals surface area contributed by atoms with Gasteiger partial charge in [-0.3, -0.25) is 14.6 Å². The van der Waals surface area contributed by atoms with Crippen molar-refractivity contribution in [3.8, 4) is 5.75 Å². The predicted molar refractivity (Wildman–Crippen MR) is 145 cm³/mol. The summed E-state index contributed by atoms with van der Waals surface area (Å²) in [4.78, 5) is 50.6. The molecule has 0 spiro atoms. The molecule has 212 valence electrons. The van der Waals surface area contributed by atoms with E-state index in [1.807, 2.05) is 6.92 Å². The second kappa shape index (κ2) is 12.1. The Kier molecular flexibility index (Phi) is 8.63. The zero-order valence-electron chi connectivity index (χ0n) is 23.0. The van der Waals surface area contributed by atoms with E-state index in [0.29, 0.717) is 17.1 Å². The molecule has 0 saturated heterocycles. The molecule has 3 heterocycles. The summed E-state index contributed by atoms with van der Waals surface area (Å²) in [6, 6.07) is 4.00. The van der Waals surface area contributed by atoms with Crippen LogP contribution in [0.2, 0.25) is 0 Å². The zero-order valence-corrected chi connectivity index (χ0v) is 23.0. The molecule has 0 radical (unpaired) electrons. The van der Waals surface area contributed by atoms with Gasteiger partial charge in [0, 0.05) is 31.9 Å². The van der Waals surface area contributed by atoms with E-state index in [9.17, 15) is 19.5 Å². The molecule has 13 nitrogen and oxygen atoms in total. The largest absolute Gasteiger partial charge is 0.485 e. The van der Waals surface area contributed by atoms with E-state index in [1.54, 1.807) is 50.9 Å². The Hall–Kier alpha value is -4.52. The lowest BCUT2D eigenvalue weighted by Gasteiger charge is -2.38. The van der Waals surface area contributed by atoms with Crippen molar-refractivity contribution < 1.29 is 28.8 Å². The van der Waals surface area contributed by atoms with Crippen molar-refractivity contribution >= 4 is 29.2 Å². The molecule has 2 aromatic heterocycles. The minimum Gasteiger partial charge on any atom is -0.485 e. The third-order valence-corrected chi connectivity index (χ3v) is 6.80. The Bertz CT molecular complexity index is 1360. The Morgan fingerprint density at radius 1 is 1.25 bits per heavy atom. The Labute approximate surface area is 231 Å². The van der Waals surface area contributed by atoms with Crippen LogP contribution in [0.4, 0.5) is 16.2 Å². The number of aliphatic hydroxyl groups excluding tert-OH is 1. The summed E-state index contributed by atoms with van der Waals surface area (Å²) in [7, 11) is 1.63. The van der Waals surface area contributed by atoms with Crippen molar-refractivity contribution in [2.45, 2.75) is 39.8 Å². The number of ether oxygens (including phenoxy) is 1. The number of rotatable bonds is 7. The minimum absolute atomic E-state index is 0.0912. The summed E-state index contributed by atoms with van der Waals surface area (Å²) in [6.07, 6.45) is 3.60. The van der Waals surface area contributed by atoms with Crippen LogP contribution >= 0.6 is 0 Å². The number of amides is 4. The molecule has 4 rings (SSSR count). The van der Waals surface area contributed by atoms with Crippen molar-refractivity contribution in [3.63, 3.8) is 0 Å². The van der Waals surface area contributed by atoms with Crippen LogP contribution in [-0.4, -0.2) is 86.8 Å². The van der Waals surface area contributed by atoms with Crippen LogP contribution < -0.4 is 15.4 Å². The van der Waals surface area contributed by atoms with Gasteiger partial charge in [0.05, 0.1) is 36.6 Å². The molecule has 3 N–H and O–H groups in total. The molecular formula is C27H33N7O6. The number of fused-ring (bicyclic) bond motifs is 1. The van der Waals surface area contributed by atoms with Crippen LogP contribution in [0.1, 0.15) is 46.1 Å². The highest BCUT2D eigenvalue weighted by Crippen LogP contribution is 2.35. The van der Waals surface area contributed by atoms with Crippen LogP contribution in [0.5, 0.6) is 5.75 Å². The van der Waals surface area contributed by atoms with Gasteiger partial charge in [-0.15, -0.1) is 0 Å². The van der Waals surface area contributed by atoms with Crippen molar-refractivity contribution in [1.82, 2.24) is 24.9 Å². The van der Waals surface area contributed by atoms with E-state index in [2.05, 4.69) is 25.8 Å². The van der Waals surface area contributed by atoms with Crippen LogP contribution in [0.3, 0.4) is 0 Å². The number of hydrogen-bond acceptors (Lipinski definition) is 9. The second-order valence-electron chi connectivity index (χ2n) is 9.86. The maximum atomic E-state index is 13.6. The average molecular weight is 552 g/mol. The van der Waals surface area contributed by atoms with Gasteiger partial charge in [-0.05, 0) is 32.9 Å². The number of urea groups is 1. The fourth-order valence-electron chi connectivity index (χ4n) is 4.38. The third kappa shape index (κ3) is 6.04. The van der Waals surface area contributed by atoms with Crippen LogP contribution in [0, 0.1) is 19.8 Å². The molecule has 0 bridgehead atoms. The highest BCUT2D eigenvalue weighted by atomic mass is 16.5. The summed E-state index contributed by atoms with van der Waals surface area (Å²) in [6.45, 7) is 7.29. The summed E-state index contributed by atoms with van der Waals surface area (Å²) in [5.41, 5.74) is 1.63. The van der Waals surface area contributed by atoms with E-state index in [-0.39, 0.29) is 54.2 Å². The normalized spacial score (nSPS) is 17.6. The number of carbonyl (C=O) groups is 3. The number of benzene rings is 1. The molecular weight excluding hydrogens is 518 g/mol. The SMILES string of the molecule is Cc1noc(C)c1NC(=O)N(C)C[C@H]1Oc2c(NC(=O)c3cnccn3)cccc2C(=O)N([C@H](C)CO)C[C@H]1C. The summed E-state index contributed by atoms with van der Waals surface area (Å²) < 4.78 is 11.6. The summed E-state index contributed by atoms with van der Waals surface area (Å²) in [5, 5.41) is 19.3. The Morgan fingerprint density at radius 2 is 2.02 bits per heavy atom. The Balaban J connectivity index is 1.66. The van der Waals surface area contributed by atoms with Gasteiger partial charge in [-0.1, -0.05) is 18.1 Å². The van der Waals surface area contributed by atoms with Gasteiger partial charge in [0.25, 0.3) is 11.8 Å². The molecule has 13 heteroatoms. The number of aliphatic hydroxyl groups is 1. The first-order valence-electron chi connectivity index (χ1n) is 12.8. The second-order valence-corrected chi connectivity index (χ2v) is 9.86. The monoisotopic (exact) mass is 551 g/mol. The van der Waals surface area contributed by atoms with Gasteiger partial charge in [0.2, 0.25) is 0 Å². The van der Waals surface area contributed by atoms with Crippen molar-refractivity contribution in [1.29, 1.82) is 0 Å². The van der Waals surface area contributed by atoms with Gasteiger partial charge in [0.15, 0.2) is 11.5 Å². The maximum absolute atomic E-state index is 13.6. The predicted octanol–water partition coefficient (Wildman–Crippen LogP) is 2.72. The van der Waals surface area contributed by atoms with Gasteiger partial charge in [0.1, 0.15) is 23.2 Å². The van der Waals surface area contributed by atoms with Gasteiger partial charge < -0.3 is 34.8 Å². The van der Waals surface area contributed by atoms with Crippen molar-refractivity contribution in [2.75, 3.05) is 37.4 Å². The molecule has 4 amide bonds. The van der Waals surface area contributed by atoms with E-state index in [0.717, 1.165) is 0 Å². The van der Waals surface area contributed by atoms with Gasteiger partial charge >= 0.3 is 6.03 Å². The fourth-order valence-corrected chi connectivity index (χ4v) is 4.38. The standard InChI is InChI=1S/C27H33N7O6/c1-15-12-34(16(2)14-35)26(37)19-7-6-8-20(30-25(36)21-11-28-9-10-29-21)24(19)39-22(15)13-33(5)27(38)31-23-17(3)32-40-18(23)4/h6-11,15-16,22,35H,12-14H2,1-5H3,(H,30,36)(H,31,38)/t15-,16-,22-/m1/s1. The average Bonchev–Trinajstić information content (AvgIpc) is 3.27. The van der Waals surface area contributed by atoms with Crippen LogP contribution in [0.25, 0.3) is 0 Å². The molecule has 3 atom stereocenters. The maximum Gasteiger partial charge on any atom is 0.321 e. The zero-order chi connectivity index (χ0) is 29.0. The number of nitrogens with one attached hydrogen (secondary N) is 2.